The average Bonchev–Trinajstić information content (AvgIpc) is 2.94. The van der Waals surface area contributed by atoms with Crippen molar-refractivity contribution in [3.63, 3.8) is 0 Å². The Morgan fingerprint density at radius 1 is 1.38 bits per heavy atom. The Kier molecular flexibility index (Phi) is 4.01. The van der Waals surface area contributed by atoms with Crippen LogP contribution in [0.5, 0.6) is 0 Å². The van der Waals surface area contributed by atoms with Crippen LogP contribution in [0.25, 0.3) is 0 Å². The second kappa shape index (κ2) is 5.78. The Morgan fingerprint density at radius 2 is 2.10 bits per heavy atom. The second-order valence-corrected chi connectivity index (χ2v) is 7.35. The fraction of sp³-hybridized carbons (Fsp3) is 0.625. The van der Waals surface area contributed by atoms with Crippen LogP contribution in [0.3, 0.4) is 0 Å². The standard InChI is InChI=1S/C16H21N3OS/c1-19-8-6-16(11-17,7-9-19)18-15(20)14-10-12-4-2-3-5-13(12)21-14/h10H,2-9H2,1H3,(H,18,20). The summed E-state index contributed by atoms with van der Waals surface area (Å²) in [6, 6.07) is 4.38. The lowest BCUT2D eigenvalue weighted by Gasteiger charge is -2.35. The number of fused-ring (bicyclic) bond motifs is 1. The van der Waals surface area contributed by atoms with Crippen molar-refractivity contribution in [1.82, 2.24) is 10.2 Å². The van der Waals surface area contributed by atoms with E-state index in [1.807, 2.05) is 6.07 Å². The average molecular weight is 303 g/mol. The van der Waals surface area contributed by atoms with Crippen LogP contribution in [-0.4, -0.2) is 36.5 Å². The highest BCUT2D eigenvalue weighted by molar-refractivity contribution is 7.14. The fourth-order valence-electron chi connectivity index (χ4n) is 3.15. The molecule has 0 saturated carbocycles. The van der Waals surface area contributed by atoms with Gasteiger partial charge in [-0.3, -0.25) is 4.79 Å². The molecule has 112 valence electrons. The monoisotopic (exact) mass is 303 g/mol. The van der Waals surface area contributed by atoms with Gasteiger partial charge in [-0.25, -0.2) is 0 Å². The SMILES string of the molecule is CN1CCC(C#N)(NC(=O)c2cc3c(s2)CCCC3)CC1. The van der Waals surface area contributed by atoms with Crippen LogP contribution in [0.1, 0.15) is 45.8 Å². The van der Waals surface area contributed by atoms with Crippen molar-refractivity contribution in [2.45, 2.75) is 44.1 Å². The molecule has 3 rings (SSSR count). The molecule has 0 aromatic carbocycles. The van der Waals surface area contributed by atoms with Gasteiger partial charge in [0, 0.05) is 18.0 Å². The lowest BCUT2D eigenvalue weighted by molar-refractivity contribution is 0.0886. The van der Waals surface area contributed by atoms with Crippen LogP contribution in [0, 0.1) is 11.3 Å². The predicted octanol–water partition coefficient (Wildman–Crippen LogP) is 2.34. The first-order valence-corrected chi connectivity index (χ1v) is 8.47. The zero-order valence-electron chi connectivity index (χ0n) is 12.4. The van der Waals surface area contributed by atoms with E-state index in [-0.39, 0.29) is 5.91 Å². The van der Waals surface area contributed by atoms with Gasteiger partial charge < -0.3 is 10.2 Å². The van der Waals surface area contributed by atoms with Crippen LogP contribution in [0.15, 0.2) is 6.07 Å². The minimum atomic E-state index is -0.686. The van der Waals surface area contributed by atoms with Crippen LogP contribution < -0.4 is 5.32 Å². The van der Waals surface area contributed by atoms with Gasteiger partial charge >= 0.3 is 0 Å². The number of aryl methyl sites for hydroxylation is 2. The predicted molar refractivity (Wildman–Crippen MR) is 83.5 cm³/mol. The van der Waals surface area contributed by atoms with Gasteiger partial charge in [0.1, 0.15) is 5.54 Å². The number of carbonyl (C=O) groups excluding carboxylic acids is 1. The molecule has 2 heterocycles. The third kappa shape index (κ3) is 2.97. The molecule has 1 amide bonds. The van der Waals surface area contributed by atoms with Crippen LogP contribution in [0.2, 0.25) is 0 Å². The van der Waals surface area contributed by atoms with Crippen molar-refractivity contribution in [3.8, 4) is 6.07 Å². The number of nitriles is 1. The molecule has 5 heteroatoms. The van der Waals surface area contributed by atoms with Crippen LogP contribution >= 0.6 is 11.3 Å². The highest BCUT2D eigenvalue weighted by Crippen LogP contribution is 2.30. The summed E-state index contributed by atoms with van der Waals surface area (Å²) in [6.07, 6.45) is 6.05. The smallest absolute Gasteiger partial charge is 0.262 e. The van der Waals surface area contributed by atoms with Crippen LogP contribution in [0.4, 0.5) is 0 Å². The number of nitrogens with one attached hydrogen (secondary N) is 1. The number of thiophene rings is 1. The summed E-state index contributed by atoms with van der Waals surface area (Å²) in [6.45, 7) is 1.71. The maximum atomic E-state index is 12.5. The molecule has 1 aromatic rings. The number of likely N-dealkylation sites (tertiary alicyclic amines) is 1. The summed E-state index contributed by atoms with van der Waals surface area (Å²) in [5.74, 6) is -0.0690. The number of piperidine rings is 1. The minimum Gasteiger partial charge on any atom is -0.333 e. The van der Waals surface area contributed by atoms with Gasteiger partial charge in [0.05, 0.1) is 10.9 Å². The molecule has 0 bridgehead atoms. The number of amides is 1. The Bertz CT molecular complexity index is 555. The molecule has 0 atom stereocenters. The molecule has 21 heavy (non-hydrogen) atoms. The van der Waals surface area contributed by atoms with Crippen molar-refractivity contribution >= 4 is 17.2 Å². The van der Waals surface area contributed by atoms with E-state index in [9.17, 15) is 10.1 Å². The van der Waals surface area contributed by atoms with E-state index in [0.29, 0.717) is 12.8 Å². The van der Waals surface area contributed by atoms with Gasteiger partial charge in [-0.15, -0.1) is 11.3 Å². The summed E-state index contributed by atoms with van der Waals surface area (Å²) in [5.41, 5.74) is 0.652. The van der Waals surface area contributed by atoms with E-state index >= 15 is 0 Å². The lowest BCUT2D eigenvalue weighted by atomic mass is 9.89. The fourth-order valence-corrected chi connectivity index (χ4v) is 4.30. The molecule has 2 aliphatic rings. The van der Waals surface area contributed by atoms with Gasteiger partial charge in [-0.2, -0.15) is 5.26 Å². The maximum Gasteiger partial charge on any atom is 0.262 e. The van der Waals surface area contributed by atoms with Crippen molar-refractivity contribution < 1.29 is 4.79 Å². The first-order chi connectivity index (χ1) is 10.1. The quantitative estimate of drug-likeness (QED) is 0.912. The molecule has 0 radical (unpaired) electrons. The van der Waals surface area contributed by atoms with Gasteiger partial charge in [-0.1, -0.05) is 0 Å². The van der Waals surface area contributed by atoms with Gasteiger partial charge in [0.2, 0.25) is 0 Å². The van der Waals surface area contributed by atoms with Crippen LogP contribution in [-0.2, 0) is 12.8 Å². The third-order valence-electron chi connectivity index (χ3n) is 4.63. The zero-order valence-corrected chi connectivity index (χ0v) is 13.3. The Labute approximate surface area is 129 Å². The molecule has 1 aliphatic heterocycles. The number of carbonyl (C=O) groups is 1. The molecule has 4 nitrogen and oxygen atoms in total. The maximum absolute atomic E-state index is 12.5. The zero-order chi connectivity index (χ0) is 14.9. The van der Waals surface area contributed by atoms with Crippen molar-refractivity contribution in [2.24, 2.45) is 0 Å². The normalized spacial score (nSPS) is 21.3. The summed E-state index contributed by atoms with van der Waals surface area (Å²) in [4.78, 5) is 16.8. The largest absolute Gasteiger partial charge is 0.333 e. The van der Waals surface area contributed by atoms with Gasteiger partial charge in [-0.05, 0) is 57.2 Å². The van der Waals surface area contributed by atoms with Crippen molar-refractivity contribution in [3.05, 3.63) is 21.4 Å². The molecule has 1 aromatic heterocycles. The molecule has 1 saturated heterocycles. The van der Waals surface area contributed by atoms with Crippen molar-refractivity contribution in [1.29, 1.82) is 5.26 Å². The number of hydrogen-bond donors (Lipinski definition) is 1. The van der Waals surface area contributed by atoms with E-state index in [2.05, 4.69) is 23.3 Å². The Balaban J connectivity index is 1.73. The first kappa shape index (κ1) is 14.6. The number of nitrogens with zero attached hydrogens (tertiary/aromatic N) is 2. The van der Waals surface area contributed by atoms with E-state index in [0.717, 1.165) is 30.8 Å². The molecule has 1 N–H and O–H groups in total. The van der Waals surface area contributed by atoms with Gasteiger partial charge in [0.25, 0.3) is 5.91 Å². The van der Waals surface area contributed by atoms with Gasteiger partial charge in [0.15, 0.2) is 0 Å². The van der Waals surface area contributed by atoms with E-state index in [1.54, 1.807) is 11.3 Å². The highest BCUT2D eigenvalue weighted by atomic mass is 32.1. The molecule has 0 unspecified atom stereocenters. The third-order valence-corrected chi connectivity index (χ3v) is 5.86. The summed E-state index contributed by atoms with van der Waals surface area (Å²) >= 11 is 1.61. The summed E-state index contributed by atoms with van der Waals surface area (Å²) in [7, 11) is 2.05. The first-order valence-electron chi connectivity index (χ1n) is 7.66. The van der Waals surface area contributed by atoms with E-state index < -0.39 is 5.54 Å². The topological polar surface area (TPSA) is 56.1 Å². The highest BCUT2D eigenvalue weighted by Gasteiger charge is 2.36. The molecular formula is C16H21N3OS. The Morgan fingerprint density at radius 3 is 2.76 bits per heavy atom. The molecule has 0 spiro atoms. The number of hydrogen-bond acceptors (Lipinski definition) is 4. The summed E-state index contributed by atoms with van der Waals surface area (Å²) < 4.78 is 0. The molecular weight excluding hydrogens is 282 g/mol. The molecule has 1 fully saturated rings. The lowest BCUT2D eigenvalue weighted by Crippen LogP contribution is -2.53. The van der Waals surface area contributed by atoms with E-state index in [1.165, 1.54) is 23.3 Å². The minimum absolute atomic E-state index is 0.0690. The number of rotatable bonds is 2. The summed E-state index contributed by atoms with van der Waals surface area (Å²) in [5, 5.41) is 12.5. The molecule has 1 aliphatic carbocycles. The Hall–Kier alpha value is -1.38. The second-order valence-electron chi connectivity index (χ2n) is 6.22. The van der Waals surface area contributed by atoms with E-state index in [4.69, 9.17) is 0 Å². The van der Waals surface area contributed by atoms with Crippen molar-refractivity contribution in [2.75, 3.05) is 20.1 Å².